The second-order valence-corrected chi connectivity index (χ2v) is 6.93. The van der Waals surface area contributed by atoms with Crippen molar-refractivity contribution in [2.45, 2.75) is 6.18 Å². The summed E-state index contributed by atoms with van der Waals surface area (Å²) in [5.41, 5.74) is 0. The van der Waals surface area contributed by atoms with Crippen LogP contribution in [-0.2, 0) is 15.0 Å². The number of nitrogens with one attached hydrogen (secondary N) is 1. The first-order valence-electron chi connectivity index (χ1n) is 6.27. The third kappa shape index (κ3) is 5.41. The summed E-state index contributed by atoms with van der Waals surface area (Å²) in [5.74, 6) is -0.471. The third-order valence-corrected chi connectivity index (χ3v) is 4.92. The molecule has 0 aromatic carbocycles. The third-order valence-electron chi connectivity index (χ3n) is 2.98. The van der Waals surface area contributed by atoms with E-state index in [1.54, 1.807) is 0 Å². The number of nitrogens with zero attached hydrogens (tertiary/aromatic N) is 3. The van der Waals surface area contributed by atoms with E-state index in [2.05, 4.69) is 0 Å². The second kappa shape index (κ2) is 6.90. The van der Waals surface area contributed by atoms with Crippen molar-refractivity contribution in [1.82, 2.24) is 18.8 Å². The average molecular weight is 332 g/mol. The molecule has 21 heavy (non-hydrogen) atoms. The van der Waals surface area contributed by atoms with Crippen LogP contribution in [0.25, 0.3) is 0 Å². The Kier molecular flexibility index (Phi) is 5.96. The van der Waals surface area contributed by atoms with Gasteiger partial charge in [0.25, 0.3) is 10.2 Å². The molecule has 0 aromatic rings. The Morgan fingerprint density at radius 2 is 1.71 bits per heavy atom. The maximum atomic E-state index is 11.9. The maximum absolute atomic E-state index is 11.9. The van der Waals surface area contributed by atoms with Crippen LogP contribution in [0.15, 0.2) is 0 Å². The Labute approximate surface area is 121 Å². The molecule has 7 nitrogen and oxygen atoms in total. The highest BCUT2D eigenvalue weighted by Crippen LogP contribution is 2.12. The minimum absolute atomic E-state index is 0.130. The molecule has 1 rings (SSSR count). The van der Waals surface area contributed by atoms with Crippen LogP contribution in [0.5, 0.6) is 0 Å². The molecule has 1 amide bonds. The zero-order valence-corrected chi connectivity index (χ0v) is 12.7. The topological polar surface area (TPSA) is 73.0 Å². The summed E-state index contributed by atoms with van der Waals surface area (Å²) in [7, 11) is -0.700. The molecule has 0 aliphatic carbocycles. The summed E-state index contributed by atoms with van der Waals surface area (Å²) < 4.78 is 61.8. The van der Waals surface area contributed by atoms with Crippen molar-refractivity contribution in [3.05, 3.63) is 0 Å². The maximum Gasteiger partial charge on any atom is 0.401 e. The molecule has 1 aliphatic rings. The van der Waals surface area contributed by atoms with E-state index in [9.17, 15) is 26.4 Å². The molecule has 0 aromatic heterocycles. The lowest BCUT2D eigenvalue weighted by molar-refractivity contribution is -0.135. The monoisotopic (exact) mass is 332 g/mol. The van der Waals surface area contributed by atoms with Crippen molar-refractivity contribution in [3.8, 4) is 0 Å². The summed E-state index contributed by atoms with van der Waals surface area (Å²) in [4.78, 5) is 13.0. The minimum Gasteiger partial charge on any atom is -0.339 e. The number of alkyl halides is 3. The van der Waals surface area contributed by atoms with Crippen LogP contribution in [0.2, 0.25) is 0 Å². The van der Waals surface area contributed by atoms with Gasteiger partial charge in [-0.25, -0.2) is 0 Å². The van der Waals surface area contributed by atoms with E-state index >= 15 is 0 Å². The van der Waals surface area contributed by atoms with Gasteiger partial charge in [-0.1, -0.05) is 0 Å². The van der Waals surface area contributed by atoms with Gasteiger partial charge in [0, 0.05) is 40.3 Å². The Balaban J connectivity index is 2.41. The molecule has 1 heterocycles. The Hall–Kier alpha value is -0.910. The number of carbonyl (C=O) groups is 1. The van der Waals surface area contributed by atoms with Crippen LogP contribution in [-0.4, -0.2) is 87.4 Å². The summed E-state index contributed by atoms with van der Waals surface area (Å²) in [6, 6.07) is 0. The quantitative estimate of drug-likeness (QED) is 0.707. The molecule has 0 radical (unpaired) electrons. The lowest BCUT2D eigenvalue weighted by Gasteiger charge is -2.35. The number of amides is 1. The zero-order valence-electron chi connectivity index (χ0n) is 11.9. The molecule has 0 bridgehead atoms. The van der Waals surface area contributed by atoms with Gasteiger partial charge in [0.1, 0.15) is 0 Å². The summed E-state index contributed by atoms with van der Waals surface area (Å²) >= 11 is 0. The van der Waals surface area contributed by atoms with Gasteiger partial charge in [0.15, 0.2) is 0 Å². The predicted octanol–water partition coefficient (Wildman–Crippen LogP) is -0.911. The van der Waals surface area contributed by atoms with Gasteiger partial charge in [-0.2, -0.15) is 30.2 Å². The van der Waals surface area contributed by atoms with Crippen molar-refractivity contribution in [2.75, 3.05) is 53.4 Å². The number of hydrogen-bond acceptors (Lipinski definition) is 4. The highest BCUT2D eigenvalue weighted by Gasteiger charge is 2.31. The van der Waals surface area contributed by atoms with Gasteiger partial charge >= 0.3 is 6.18 Å². The smallest absolute Gasteiger partial charge is 0.339 e. The Morgan fingerprint density at radius 3 is 2.14 bits per heavy atom. The lowest BCUT2D eigenvalue weighted by Crippen LogP contribution is -2.54. The molecule has 0 unspecified atom stereocenters. The SMILES string of the molecule is CN(C)S(=O)(=O)N1CCN(C(=O)CNCC(F)(F)F)CC1. The highest BCUT2D eigenvalue weighted by atomic mass is 32.2. The lowest BCUT2D eigenvalue weighted by atomic mass is 10.3. The zero-order chi connectivity index (χ0) is 16.3. The molecule has 1 saturated heterocycles. The molecular weight excluding hydrogens is 313 g/mol. The van der Waals surface area contributed by atoms with Crippen molar-refractivity contribution in [1.29, 1.82) is 0 Å². The first-order chi connectivity index (χ1) is 9.54. The highest BCUT2D eigenvalue weighted by molar-refractivity contribution is 7.86. The standard InChI is InChI=1S/C10H19F3N4O3S/c1-15(2)21(19,20)17-5-3-16(4-6-17)9(18)7-14-8-10(11,12)13/h14H,3-8H2,1-2H3. The number of halogens is 3. The average Bonchev–Trinajstić information content (AvgIpc) is 2.37. The van der Waals surface area contributed by atoms with E-state index in [-0.39, 0.29) is 26.2 Å². The summed E-state index contributed by atoms with van der Waals surface area (Å²) in [5, 5.41) is 2.03. The van der Waals surface area contributed by atoms with Crippen molar-refractivity contribution < 1.29 is 26.4 Å². The molecular formula is C10H19F3N4O3S. The van der Waals surface area contributed by atoms with E-state index in [1.165, 1.54) is 23.3 Å². The fourth-order valence-electron chi connectivity index (χ4n) is 1.82. The summed E-state index contributed by atoms with van der Waals surface area (Å²) in [6.45, 7) is -1.05. The molecule has 11 heteroatoms. The molecule has 124 valence electrons. The van der Waals surface area contributed by atoms with E-state index in [0.29, 0.717) is 0 Å². The van der Waals surface area contributed by atoms with Crippen molar-refractivity contribution >= 4 is 16.1 Å². The van der Waals surface area contributed by atoms with Gasteiger partial charge < -0.3 is 10.2 Å². The van der Waals surface area contributed by atoms with E-state index in [1.807, 2.05) is 5.32 Å². The van der Waals surface area contributed by atoms with E-state index in [0.717, 1.165) is 4.31 Å². The van der Waals surface area contributed by atoms with E-state index in [4.69, 9.17) is 0 Å². The predicted molar refractivity (Wildman–Crippen MR) is 69.7 cm³/mol. The molecule has 1 aliphatic heterocycles. The first-order valence-corrected chi connectivity index (χ1v) is 7.66. The first kappa shape index (κ1) is 18.1. The molecule has 0 saturated carbocycles. The Bertz CT molecular complexity index is 459. The molecule has 0 spiro atoms. The number of carbonyl (C=O) groups excluding carboxylic acids is 1. The largest absolute Gasteiger partial charge is 0.401 e. The minimum atomic E-state index is -4.36. The molecule has 0 atom stereocenters. The van der Waals surface area contributed by atoms with E-state index < -0.39 is 35.4 Å². The van der Waals surface area contributed by atoms with Gasteiger partial charge in [0.05, 0.1) is 13.1 Å². The number of piperazine rings is 1. The summed E-state index contributed by atoms with van der Waals surface area (Å²) in [6.07, 6.45) is -4.36. The van der Waals surface area contributed by atoms with Crippen molar-refractivity contribution in [2.24, 2.45) is 0 Å². The van der Waals surface area contributed by atoms with Crippen LogP contribution in [0.3, 0.4) is 0 Å². The van der Waals surface area contributed by atoms with Crippen LogP contribution in [0, 0.1) is 0 Å². The Morgan fingerprint density at radius 1 is 1.19 bits per heavy atom. The van der Waals surface area contributed by atoms with Crippen molar-refractivity contribution in [3.63, 3.8) is 0 Å². The van der Waals surface area contributed by atoms with Crippen LogP contribution < -0.4 is 5.32 Å². The number of hydrogen-bond donors (Lipinski definition) is 1. The fourth-order valence-corrected chi connectivity index (χ4v) is 2.91. The molecule has 1 N–H and O–H groups in total. The van der Waals surface area contributed by atoms with Gasteiger partial charge in [-0.15, -0.1) is 0 Å². The molecule has 1 fully saturated rings. The fraction of sp³-hybridized carbons (Fsp3) is 0.900. The normalized spacial score (nSPS) is 18.3. The van der Waals surface area contributed by atoms with Gasteiger partial charge in [-0.3, -0.25) is 4.79 Å². The van der Waals surface area contributed by atoms with Crippen LogP contribution in [0.1, 0.15) is 0 Å². The van der Waals surface area contributed by atoms with Crippen LogP contribution >= 0.6 is 0 Å². The van der Waals surface area contributed by atoms with Gasteiger partial charge in [-0.05, 0) is 0 Å². The number of rotatable bonds is 5. The van der Waals surface area contributed by atoms with Crippen LogP contribution in [0.4, 0.5) is 13.2 Å². The van der Waals surface area contributed by atoms with Gasteiger partial charge in [0.2, 0.25) is 5.91 Å². The second-order valence-electron chi connectivity index (χ2n) is 4.79.